The number of hydrogen-bond donors (Lipinski definition) is 2. The van der Waals surface area contributed by atoms with Crippen LogP contribution in [0.5, 0.6) is 0 Å². The number of nitrogens with one attached hydrogen (secondary N) is 1. The molecule has 0 bridgehead atoms. The minimum absolute atomic E-state index is 0.00774. The van der Waals surface area contributed by atoms with Crippen LogP contribution in [0.1, 0.15) is 30.6 Å². The zero-order valence-electron chi connectivity index (χ0n) is 12.5. The molecule has 0 saturated carbocycles. The summed E-state index contributed by atoms with van der Waals surface area (Å²) in [4.78, 5) is 25.5. The van der Waals surface area contributed by atoms with Crippen molar-refractivity contribution < 1.29 is 14.7 Å². The highest BCUT2D eigenvalue weighted by molar-refractivity contribution is 5.96. The summed E-state index contributed by atoms with van der Waals surface area (Å²) in [6.45, 7) is 5.16. The molecule has 2 atom stereocenters. The molecule has 114 valence electrons. The molecule has 1 aromatic carbocycles. The number of nitrogens with zero attached hydrogens (tertiary/aromatic N) is 1. The lowest BCUT2D eigenvalue weighted by atomic mass is 10.1. The number of anilines is 1. The van der Waals surface area contributed by atoms with Gasteiger partial charge >= 0.3 is 0 Å². The SMILES string of the molecule is CC(=O)c1ccc(NC(=O)C(C)N2CCC(CO)C2)cc1. The molecule has 1 fully saturated rings. The number of benzene rings is 1. The van der Waals surface area contributed by atoms with Crippen molar-refractivity contribution in [1.29, 1.82) is 0 Å². The van der Waals surface area contributed by atoms with Crippen LogP contribution in [0.2, 0.25) is 0 Å². The minimum Gasteiger partial charge on any atom is -0.396 e. The normalized spacial score (nSPS) is 20.2. The molecule has 2 rings (SSSR count). The van der Waals surface area contributed by atoms with Gasteiger partial charge in [0.1, 0.15) is 0 Å². The van der Waals surface area contributed by atoms with Gasteiger partial charge in [0.05, 0.1) is 6.04 Å². The number of likely N-dealkylation sites (tertiary alicyclic amines) is 1. The first-order valence-corrected chi connectivity index (χ1v) is 7.28. The number of Topliss-reactive ketones (excluding diaryl/α,β-unsaturated/α-hetero) is 1. The third-order valence-electron chi connectivity index (χ3n) is 4.06. The van der Waals surface area contributed by atoms with Gasteiger partial charge in [-0.15, -0.1) is 0 Å². The van der Waals surface area contributed by atoms with Crippen molar-refractivity contribution >= 4 is 17.4 Å². The van der Waals surface area contributed by atoms with Gasteiger partial charge in [-0.2, -0.15) is 0 Å². The van der Waals surface area contributed by atoms with E-state index < -0.39 is 0 Å². The largest absolute Gasteiger partial charge is 0.396 e. The van der Waals surface area contributed by atoms with Crippen molar-refractivity contribution in [3.05, 3.63) is 29.8 Å². The lowest BCUT2D eigenvalue weighted by molar-refractivity contribution is -0.120. The lowest BCUT2D eigenvalue weighted by Gasteiger charge is -2.23. The smallest absolute Gasteiger partial charge is 0.241 e. The average Bonchev–Trinajstić information content (AvgIpc) is 2.95. The molecular weight excluding hydrogens is 268 g/mol. The van der Waals surface area contributed by atoms with E-state index in [1.807, 2.05) is 6.92 Å². The number of aliphatic hydroxyl groups excluding tert-OH is 1. The predicted octanol–water partition coefficient (Wildman–Crippen LogP) is 1.53. The highest BCUT2D eigenvalue weighted by atomic mass is 16.3. The van der Waals surface area contributed by atoms with Crippen LogP contribution in [0.25, 0.3) is 0 Å². The summed E-state index contributed by atoms with van der Waals surface area (Å²) in [5, 5.41) is 12.0. The Labute approximate surface area is 125 Å². The highest BCUT2D eigenvalue weighted by Gasteiger charge is 2.29. The number of carbonyl (C=O) groups is 2. The van der Waals surface area contributed by atoms with E-state index >= 15 is 0 Å². The van der Waals surface area contributed by atoms with Gasteiger partial charge in [-0.25, -0.2) is 0 Å². The maximum absolute atomic E-state index is 12.2. The van der Waals surface area contributed by atoms with Crippen LogP contribution in [-0.2, 0) is 4.79 Å². The average molecular weight is 290 g/mol. The first-order chi connectivity index (χ1) is 10.0. The van der Waals surface area contributed by atoms with Crippen molar-refractivity contribution in [1.82, 2.24) is 4.90 Å². The molecule has 2 unspecified atom stereocenters. The van der Waals surface area contributed by atoms with E-state index in [0.29, 0.717) is 11.3 Å². The van der Waals surface area contributed by atoms with Crippen LogP contribution in [0.4, 0.5) is 5.69 Å². The van der Waals surface area contributed by atoms with E-state index in [2.05, 4.69) is 10.2 Å². The Hall–Kier alpha value is -1.72. The second-order valence-electron chi connectivity index (χ2n) is 5.63. The number of carbonyl (C=O) groups excluding carboxylic acids is 2. The number of aliphatic hydroxyl groups is 1. The van der Waals surface area contributed by atoms with E-state index in [1.165, 1.54) is 6.92 Å². The van der Waals surface area contributed by atoms with Crippen LogP contribution < -0.4 is 5.32 Å². The minimum atomic E-state index is -0.228. The molecule has 1 aromatic rings. The number of ketones is 1. The molecule has 0 radical (unpaired) electrons. The Morgan fingerprint density at radius 2 is 2.05 bits per heavy atom. The summed E-state index contributed by atoms with van der Waals surface area (Å²) in [5.41, 5.74) is 1.32. The van der Waals surface area contributed by atoms with Crippen LogP contribution >= 0.6 is 0 Å². The topological polar surface area (TPSA) is 69.6 Å². The maximum atomic E-state index is 12.2. The van der Waals surface area contributed by atoms with Crippen molar-refractivity contribution in [3.63, 3.8) is 0 Å². The van der Waals surface area contributed by atoms with E-state index in [-0.39, 0.29) is 30.3 Å². The van der Waals surface area contributed by atoms with Gasteiger partial charge in [0.25, 0.3) is 0 Å². The zero-order chi connectivity index (χ0) is 15.4. The molecule has 0 aromatic heterocycles. The van der Waals surface area contributed by atoms with E-state index in [9.17, 15) is 9.59 Å². The maximum Gasteiger partial charge on any atom is 0.241 e. The fourth-order valence-electron chi connectivity index (χ4n) is 2.56. The summed E-state index contributed by atoms with van der Waals surface area (Å²) in [6, 6.07) is 6.67. The van der Waals surface area contributed by atoms with Crippen molar-refractivity contribution in [2.75, 3.05) is 25.0 Å². The summed E-state index contributed by atoms with van der Waals surface area (Å²) < 4.78 is 0. The molecule has 1 saturated heterocycles. The molecule has 1 aliphatic heterocycles. The van der Waals surface area contributed by atoms with Crippen LogP contribution in [0.15, 0.2) is 24.3 Å². The van der Waals surface area contributed by atoms with Gasteiger partial charge in [-0.05, 0) is 57.0 Å². The van der Waals surface area contributed by atoms with Gasteiger partial charge in [0, 0.05) is 24.4 Å². The summed E-state index contributed by atoms with van der Waals surface area (Å²) >= 11 is 0. The Kier molecular flexibility index (Phi) is 5.09. The molecule has 1 aliphatic rings. The Bertz CT molecular complexity index is 513. The van der Waals surface area contributed by atoms with Crippen molar-refractivity contribution in [2.45, 2.75) is 26.3 Å². The number of rotatable bonds is 5. The summed E-state index contributed by atoms with van der Waals surface area (Å²) in [5.74, 6) is 0.215. The van der Waals surface area contributed by atoms with Gasteiger partial charge in [-0.3, -0.25) is 14.5 Å². The first kappa shape index (κ1) is 15.7. The van der Waals surface area contributed by atoms with E-state index in [1.54, 1.807) is 24.3 Å². The molecule has 0 spiro atoms. The third-order valence-corrected chi connectivity index (χ3v) is 4.06. The Balaban J connectivity index is 1.93. The molecule has 5 nitrogen and oxygen atoms in total. The molecule has 2 N–H and O–H groups in total. The number of amides is 1. The monoisotopic (exact) mass is 290 g/mol. The Morgan fingerprint density at radius 3 is 2.57 bits per heavy atom. The zero-order valence-corrected chi connectivity index (χ0v) is 12.5. The lowest BCUT2D eigenvalue weighted by Crippen LogP contribution is -2.40. The van der Waals surface area contributed by atoms with Crippen LogP contribution in [-0.4, -0.2) is 47.4 Å². The Morgan fingerprint density at radius 1 is 1.38 bits per heavy atom. The van der Waals surface area contributed by atoms with Crippen molar-refractivity contribution in [3.8, 4) is 0 Å². The molecule has 5 heteroatoms. The van der Waals surface area contributed by atoms with Gasteiger partial charge < -0.3 is 10.4 Å². The third kappa shape index (κ3) is 3.89. The van der Waals surface area contributed by atoms with Gasteiger partial charge in [-0.1, -0.05) is 0 Å². The first-order valence-electron chi connectivity index (χ1n) is 7.28. The second kappa shape index (κ2) is 6.83. The van der Waals surface area contributed by atoms with Crippen LogP contribution in [0, 0.1) is 5.92 Å². The highest BCUT2D eigenvalue weighted by Crippen LogP contribution is 2.19. The molecule has 0 aliphatic carbocycles. The van der Waals surface area contributed by atoms with Gasteiger partial charge in [0.15, 0.2) is 5.78 Å². The molecule has 1 heterocycles. The van der Waals surface area contributed by atoms with E-state index in [0.717, 1.165) is 19.5 Å². The molecule has 1 amide bonds. The fourth-order valence-corrected chi connectivity index (χ4v) is 2.56. The molecular formula is C16H22N2O3. The number of hydrogen-bond acceptors (Lipinski definition) is 4. The standard InChI is InChI=1S/C16H22N2O3/c1-11(18-8-7-13(9-18)10-19)16(21)17-15-5-3-14(4-6-15)12(2)20/h3-6,11,13,19H,7-10H2,1-2H3,(H,17,21). The quantitative estimate of drug-likeness (QED) is 0.807. The summed E-state index contributed by atoms with van der Waals surface area (Å²) in [7, 11) is 0. The molecule has 21 heavy (non-hydrogen) atoms. The second-order valence-corrected chi connectivity index (χ2v) is 5.63. The van der Waals surface area contributed by atoms with E-state index in [4.69, 9.17) is 5.11 Å². The van der Waals surface area contributed by atoms with Crippen molar-refractivity contribution in [2.24, 2.45) is 5.92 Å². The van der Waals surface area contributed by atoms with Gasteiger partial charge in [0.2, 0.25) is 5.91 Å². The van der Waals surface area contributed by atoms with Crippen LogP contribution in [0.3, 0.4) is 0 Å². The fraction of sp³-hybridized carbons (Fsp3) is 0.500. The predicted molar refractivity (Wildman–Crippen MR) is 81.3 cm³/mol. The summed E-state index contributed by atoms with van der Waals surface area (Å²) in [6.07, 6.45) is 0.932.